The minimum Gasteiger partial charge on any atom is -0.462 e. The van der Waals surface area contributed by atoms with Gasteiger partial charge in [-0.25, -0.2) is 4.79 Å². The van der Waals surface area contributed by atoms with Crippen LogP contribution < -0.4 is 0 Å². The second-order valence-corrected chi connectivity index (χ2v) is 4.36. The number of rotatable bonds is 6. The first-order valence-electron chi connectivity index (χ1n) is 6.36. The maximum Gasteiger partial charge on any atom is 0.338 e. The van der Waals surface area contributed by atoms with E-state index in [2.05, 4.69) is 18.8 Å². The molecule has 2 nitrogen and oxygen atoms in total. The van der Waals surface area contributed by atoms with Crippen molar-refractivity contribution in [2.24, 2.45) is 5.92 Å². The van der Waals surface area contributed by atoms with Gasteiger partial charge in [0.15, 0.2) is 0 Å². The van der Waals surface area contributed by atoms with Crippen LogP contribution in [0.5, 0.6) is 0 Å². The Morgan fingerprint density at radius 2 is 2.00 bits per heavy atom. The van der Waals surface area contributed by atoms with E-state index in [1.54, 1.807) is 12.1 Å². The monoisotopic (exact) mass is 244 g/mol. The summed E-state index contributed by atoms with van der Waals surface area (Å²) in [5.41, 5.74) is 0.613. The molecule has 0 aliphatic rings. The summed E-state index contributed by atoms with van der Waals surface area (Å²) < 4.78 is 5.23. The van der Waals surface area contributed by atoms with Crippen LogP contribution in [0.1, 0.15) is 43.5 Å². The summed E-state index contributed by atoms with van der Waals surface area (Å²) in [7, 11) is 0. The van der Waals surface area contributed by atoms with Crippen molar-refractivity contribution in [3.63, 3.8) is 0 Å². The van der Waals surface area contributed by atoms with Crippen molar-refractivity contribution in [3.8, 4) is 11.8 Å². The van der Waals surface area contributed by atoms with Gasteiger partial charge in [-0.3, -0.25) is 0 Å². The molecule has 0 spiro atoms. The third-order valence-corrected chi connectivity index (χ3v) is 2.79. The van der Waals surface area contributed by atoms with Crippen molar-refractivity contribution >= 4 is 5.97 Å². The highest BCUT2D eigenvalue weighted by atomic mass is 16.5. The van der Waals surface area contributed by atoms with Crippen molar-refractivity contribution in [1.82, 2.24) is 0 Å². The van der Waals surface area contributed by atoms with E-state index < -0.39 is 0 Å². The van der Waals surface area contributed by atoms with Crippen LogP contribution in [0.2, 0.25) is 0 Å². The Labute approximate surface area is 109 Å². The number of carbonyl (C=O) groups excluding carboxylic acids is 1. The zero-order chi connectivity index (χ0) is 13.2. The molecule has 18 heavy (non-hydrogen) atoms. The largest absolute Gasteiger partial charge is 0.462 e. The molecular weight excluding hydrogens is 224 g/mol. The van der Waals surface area contributed by atoms with Crippen LogP contribution in [0.25, 0.3) is 0 Å². The van der Waals surface area contributed by atoms with E-state index in [1.807, 2.05) is 25.1 Å². The van der Waals surface area contributed by atoms with Crippen LogP contribution in [0, 0.1) is 17.8 Å². The average Bonchev–Trinajstić information content (AvgIpc) is 2.40. The van der Waals surface area contributed by atoms with Crippen LogP contribution in [-0.2, 0) is 4.74 Å². The molecule has 0 radical (unpaired) electrons. The molecule has 1 atom stereocenters. The number of ether oxygens (including phenoxy) is 1. The predicted octanol–water partition coefficient (Wildman–Crippen LogP) is 3.67. The zero-order valence-electron chi connectivity index (χ0n) is 11.1. The lowest BCUT2D eigenvalue weighted by Crippen LogP contribution is -2.08. The molecule has 0 bridgehead atoms. The van der Waals surface area contributed by atoms with Crippen LogP contribution in [0.15, 0.2) is 30.3 Å². The van der Waals surface area contributed by atoms with Gasteiger partial charge in [-0.05, 0) is 37.8 Å². The van der Waals surface area contributed by atoms with Gasteiger partial charge in [0.2, 0.25) is 0 Å². The van der Waals surface area contributed by atoms with Crippen LogP contribution in [-0.4, -0.2) is 12.6 Å². The number of benzene rings is 1. The van der Waals surface area contributed by atoms with Gasteiger partial charge in [-0.15, -0.1) is 11.8 Å². The maximum atomic E-state index is 11.6. The number of esters is 1. The van der Waals surface area contributed by atoms with Gasteiger partial charge in [0.05, 0.1) is 12.2 Å². The molecule has 1 aromatic carbocycles. The topological polar surface area (TPSA) is 26.3 Å². The van der Waals surface area contributed by atoms with Gasteiger partial charge >= 0.3 is 5.97 Å². The Kier molecular flexibility index (Phi) is 6.64. The molecule has 0 saturated carbocycles. The summed E-state index contributed by atoms with van der Waals surface area (Å²) in [6, 6.07) is 9.09. The normalized spacial score (nSPS) is 11.2. The maximum absolute atomic E-state index is 11.6. The number of carbonyl (C=O) groups is 1. The van der Waals surface area contributed by atoms with Crippen LogP contribution in [0.3, 0.4) is 0 Å². The fourth-order valence-corrected chi connectivity index (χ4v) is 1.60. The lowest BCUT2D eigenvalue weighted by atomic mass is 10.0. The Hall–Kier alpha value is -1.75. The molecule has 0 aliphatic carbocycles. The Morgan fingerprint density at radius 1 is 1.28 bits per heavy atom. The van der Waals surface area contributed by atoms with E-state index >= 15 is 0 Å². The molecule has 96 valence electrons. The minimum absolute atomic E-state index is 0.240. The van der Waals surface area contributed by atoms with Crippen LogP contribution >= 0.6 is 0 Å². The molecule has 1 rings (SSSR count). The molecule has 2 heteroatoms. The molecule has 0 saturated heterocycles. The first kappa shape index (κ1) is 14.3. The SMILES string of the molecule is CC#CCCC(C)CCOC(=O)c1ccccc1. The predicted molar refractivity (Wildman–Crippen MR) is 73.2 cm³/mol. The van der Waals surface area contributed by atoms with E-state index in [4.69, 9.17) is 4.74 Å². The third kappa shape index (κ3) is 5.54. The van der Waals surface area contributed by atoms with Gasteiger partial charge < -0.3 is 4.74 Å². The lowest BCUT2D eigenvalue weighted by Gasteiger charge is -2.10. The van der Waals surface area contributed by atoms with Gasteiger partial charge in [0, 0.05) is 6.42 Å². The summed E-state index contributed by atoms with van der Waals surface area (Å²) in [5, 5.41) is 0. The Bertz CT molecular complexity index is 412. The number of hydrogen-bond donors (Lipinski definition) is 0. The van der Waals surface area contributed by atoms with E-state index in [1.165, 1.54) is 0 Å². The van der Waals surface area contributed by atoms with Crippen molar-refractivity contribution in [1.29, 1.82) is 0 Å². The van der Waals surface area contributed by atoms with E-state index in [0.29, 0.717) is 18.1 Å². The summed E-state index contributed by atoms with van der Waals surface area (Å²) in [4.78, 5) is 11.6. The fraction of sp³-hybridized carbons (Fsp3) is 0.438. The van der Waals surface area contributed by atoms with Gasteiger partial charge in [0.1, 0.15) is 0 Å². The van der Waals surface area contributed by atoms with Gasteiger partial charge in [0.25, 0.3) is 0 Å². The number of hydrogen-bond acceptors (Lipinski definition) is 2. The molecule has 0 N–H and O–H groups in total. The van der Waals surface area contributed by atoms with Crippen molar-refractivity contribution in [2.75, 3.05) is 6.61 Å². The smallest absolute Gasteiger partial charge is 0.338 e. The molecule has 1 aromatic rings. The molecule has 0 heterocycles. The van der Waals surface area contributed by atoms with Gasteiger partial charge in [-0.1, -0.05) is 25.1 Å². The van der Waals surface area contributed by atoms with E-state index in [9.17, 15) is 4.79 Å². The Balaban J connectivity index is 2.21. The van der Waals surface area contributed by atoms with E-state index in [-0.39, 0.29) is 5.97 Å². The second kappa shape index (κ2) is 8.36. The summed E-state index contributed by atoms with van der Waals surface area (Å²) >= 11 is 0. The summed E-state index contributed by atoms with van der Waals surface area (Å²) in [6.45, 7) is 4.49. The highest BCUT2D eigenvalue weighted by molar-refractivity contribution is 5.89. The highest BCUT2D eigenvalue weighted by Gasteiger charge is 2.07. The third-order valence-electron chi connectivity index (χ3n) is 2.79. The first-order valence-corrected chi connectivity index (χ1v) is 6.36. The molecule has 1 unspecified atom stereocenters. The molecular formula is C16H20O2. The second-order valence-electron chi connectivity index (χ2n) is 4.36. The standard InChI is InChI=1S/C16H20O2/c1-3-4-6-9-14(2)12-13-18-16(17)15-10-7-5-8-11-15/h5,7-8,10-11,14H,6,9,12-13H2,1-2H3. The molecule has 0 aromatic heterocycles. The summed E-state index contributed by atoms with van der Waals surface area (Å²) in [6.07, 6.45) is 2.87. The van der Waals surface area contributed by atoms with Crippen molar-refractivity contribution < 1.29 is 9.53 Å². The summed E-state index contributed by atoms with van der Waals surface area (Å²) in [5.74, 6) is 6.23. The zero-order valence-corrected chi connectivity index (χ0v) is 11.1. The average molecular weight is 244 g/mol. The first-order chi connectivity index (χ1) is 8.74. The van der Waals surface area contributed by atoms with Crippen molar-refractivity contribution in [2.45, 2.75) is 33.1 Å². The quantitative estimate of drug-likeness (QED) is 0.563. The van der Waals surface area contributed by atoms with E-state index in [0.717, 1.165) is 19.3 Å². The fourth-order valence-electron chi connectivity index (χ4n) is 1.60. The van der Waals surface area contributed by atoms with Crippen LogP contribution in [0.4, 0.5) is 0 Å². The molecule has 0 aliphatic heterocycles. The lowest BCUT2D eigenvalue weighted by molar-refractivity contribution is 0.0484. The Morgan fingerprint density at radius 3 is 2.67 bits per heavy atom. The minimum atomic E-state index is -0.240. The molecule has 0 fully saturated rings. The van der Waals surface area contributed by atoms with Crippen molar-refractivity contribution in [3.05, 3.63) is 35.9 Å². The van der Waals surface area contributed by atoms with Gasteiger partial charge in [-0.2, -0.15) is 0 Å². The highest BCUT2D eigenvalue weighted by Crippen LogP contribution is 2.10. The molecule has 0 amide bonds.